The largest absolute Gasteiger partial charge is 0.354 e. The van der Waals surface area contributed by atoms with Crippen LogP contribution in [0, 0.1) is 0 Å². The summed E-state index contributed by atoms with van der Waals surface area (Å²) in [5, 5.41) is 4.50. The van der Waals surface area contributed by atoms with Crippen LogP contribution in [0.2, 0.25) is 0 Å². The van der Waals surface area contributed by atoms with Gasteiger partial charge >= 0.3 is 0 Å². The zero-order valence-electron chi connectivity index (χ0n) is 12.7. The molecule has 1 aliphatic carbocycles. The topological polar surface area (TPSA) is 63.6 Å². The number of nitrogens with zero attached hydrogens (tertiary/aromatic N) is 4. The summed E-state index contributed by atoms with van der Waals surface area (Å²) < 4.78 is 0. The van der Waals surface area contributed by atoms with E-state index in [0.29, 0.717) is 5.95 Å². The fraction of sp³-hybridized carbons (Fsp3) is 0.294. The second kappa shape index (κ2) is 6.42. The molecule has 0 aliphatic heterocycles. The van der Waals surface area contributed by atoms with Gasteiger partial charge in [0.1, 0.15) is 0 Å². The Kier molecular flexibility index (Phi) is 3.98. The van der Waals surface area contributed by atoms with E-state index < -0.39 is 0 Å². The molecule has 3 aromatic heterocycles. The quantitative estimate of drug-likeness (QED) is 0.781. The molecule has 0 fully saturated rings. The van der Waals surface area contributed by atoms with E-state index in [4.69, 9.17) is 4.98 Å². The van der Waals surface area contributed by atoms with Crippen LogP contribution in [0.3, 0.4) is 0 Å². The van der Waals surface area contributed by atoms with Crippen molar-refractivity contribution in [3.63, 3.8) is 0 Å². The monoisotopic (exact) mass is 323 g/mol. The van der Waals surface area contributed by atoms with E-state index in [9.17, 15) is 0 Å². The molecule has 4 rings (SSSR count). The van der Waals surface area contributed by atoms with E-state index in [-0.39, 0.29) is 0 Å². The van der Waals surface area contributed by atoms with Gasteiger partial charge in [0.25, 0.3) is 0 Å². The molecule has 0 unspecified atom stereocenters. The van der Waals surface area contributed by atoms with Crippen LogP contribution in [0.15, 0.2) is 36.7 Å². The van der Waals surface area contributed by atoms with Crippen LogP contribution in [0.1, 0.15) is 22.0 Å². The lowest BCUT2D eigenvalue weighted by molar-refractivity contribution is 0.884. The van der Waals surface area contributed by atoms with Gasteiger partial charge in [0, 0.05) is 30.2 Å². The second-order valence-corrected chi connectivity index (χ2v) is 6.66. The number of pyridine rings is 1. The molecular formula is C17H17N5S. The summed E-state index contributed by atoms with van der Waals surface area (Å²) in [5.41, 5.74) is 3.00. The highest BCUT2D eigenvalue weighted by Crippen LogP contribution is 2.27. The number of aryl methyl sites for hydroxylation is 2. The Morgan fingerprint density at radius 1 is 1.00 bits per heavy atom. The number of nitrogens with one attached hydrogen (secondary N) is 1. The first kappa shape index (κ1) is 14.3. The Hall–Kier alpha value is -2.34. The predicted octanol–water partition coefficient (Wildman–Crippen LogP) is 3.14. The SMILES string of the molecule is c1ccc(-c2ccnc(NCCc3nc4c(s3)CCC4)n2)nc1. The Balaban J connectivity index is 1.39. The van der Waals surface area contributed by atoms with Crippen LogP contribution >= 0.6 is 11.3 Å². The fourth-order valence-corrected chi connectivity index (χ4v) is 3.89. The molecule has 0 spiro atoms. The van der Waals surface area contributed by atoms with Gasteiger partial charge in [0.05, 0.1) is 22.1 Å². The Labute approximate surface area is 138 Å². The molecule has 3 heterocycles. The van der Waals surface area contributed by atoms with Crippen molar-refractivity contribution in [2.75, 3.05) is 11.9 Å². The van der Waals surface area contributed by atoms with Gasteiger partial charge in [-0.05, 0) is 37.5 Å². The van der Waals surface area contributed by atoms with Crippen LogP contribution < -0.4 is 5.32 Å². The van der Waals surface area contributed by atoms with E-state index in [1.54, 1.807) is 12.4 Å². The molecule has 5 nitrogen and oxygen atoms in total. The van der Waals surface area contributed by atoms with Crippen molar-refractivity contribution in [2.45, 2.75) is 25.7 Å². The van der Waals surface area contributed by atoms with Gasteiger partial charge < -0.3 is 5.32 Å². The summed E-state index contributed by atoms with van der Waals surface area (Å²) in [5.74, 6) is 0.636. The normalized spacial score (nSPS) is 13.0. The number of fused-ring (bicyclic) bond motifs is 1. The van der Waals surface area contributed by atoms with Crippen molar-refractivity contribution in [1.29, 1.82) is 0 Å². The van der Waals surface area contributed by atoms with Crippen LogP contribution in [0.4, 0.5) is 5.95 Å². The predicted molar refractivity (Wildman–Crippen MR) is 91.6 cm³/mol. The third-order valence-electron chi connectivity index (χ3n) is 3.84. The minimum atomic E-state index is 0.636. The molecule has 3 aromatic rings. The molecule has 23 heavy (non-hydrogen) atoms. The van der Waals surface area contributed by atoms with Crippen LogP contribution in [0.5, 0.6) is 0 Å². The number of anilines is 1. The standard InChI is InChI=1S/C17H17N5S/c1-2-9-18-12(4-1)13-7-10-19-17(22-13)20-11-8-16-21-14-5-3-6-15(14)23-16/h1-2,4,7,9-10H,3,5-6,8,11H2,(H,19,20,22). The maximum atomic E-state index is 4.71. The molecule has 0 amide bonds. The van der Waals surface area contributed by atoms with Gasteiger partial charge in [-0.1, -0.05) is 6.07 Å². The molecule has 0 saturated heterocycles. The Morgan fingerprint density at radius 2 is 2.00 bits per heavy atom. The van der Waals surface area contributed by atoms with Crippen molar-refractivity contribution in [3.05, 3.63) is 52.2 Å². The van der Waals surface area contributed by atoms with Crippen molar-refractivity contribution < 1.29 is 0 Å². The summed E-state index contributed by atoms with van der Waals surface area (Å²) in [4.78, 5) is 19.3. The molecule has 0 atom stereocenters. The third kappa shape index (κ3) is 3.22. The third-order valence-corrected chi connectivity index (χ3v) is 5.06. The smallest absolute Gasteiger partial charge is 0.223 e. The number of aromatic nitrogens is 4. The molecule has 1 aliphatic rings. The summed E-state index contributed by atoms with van der Waals surface area (Å²) in [7, 11) is 0. The van der Waals surface area contributed by atoms with Gasteiger partial charge in [-0.15, -0.1) is 11.3 Å². The van der Waals surface area contributed by atoms with Crippen molar-refractivity contribution in [1.82, 2.24) is 19.9 Å². The number of thiazole rings is 1. The molecule has 116 valence electrons. The van der Waals surface area contributed by atoms with Crippen molar-refractivity contribution >= 4 is 17.3 Å². The Bertz CT molecular complexity index is 778. The molecule has 0 bridgehead atoms. The van der Waals surface area contributed by atoms with Gasteiger partial charge in [0.15, 0.2) is 0 Å². The average molecular weight is 323 g/mol. The van der Waals surface area contributed by atoms with Gasteiger partial charge in [-0.2, -0.15) is 0 Å². The molecular weight excluding hydrogens is 306 g/mol. The lowest BCUT2D eigenvalue weighted by atomic mass is 10.3. The molecule has 1 N–H and O–H groups in total. The summed E-state index contributed by atoms with van der Waals surface area (Å²) >= 11 is 1.86. The van der Waals surface area contributed by atoms with Crippen LogP contribution in [-0.2, 0) is 19.3 Å². The van der Waals surface area contributed by atoms with Crippen molar-refractivity contribution in [3.8, 4) is 11.4 Å². The Morgan fingerprint density at radius 3 is 2.87 bits per heavy atom. The second-order valence-electron chi connectivity index (χ2n) is 5.49. The van der Waals surface area contributed by atoms with Crippen molar-refractivity contribution in [2.24, 2.45) is 0 Å². The maximum Gasteiger partial charge on any atom is 0.223 e. The fourth-order valence-electron chi connectivity index (χ4n) is 2.73. The lowest BCUT2D eigenvalue weighted by Gasteiger charge is -2.05. The summed E-state index contributed by atoms with van der Waals surface area (Å²) in [6.45, 7) is 0.790. The van der Waals surface area contributed by atoms with Crippen LogP contribution in [0.25, 0.3) is 11.4 Å². The van der Waals surface area contributed by atoms with Gasteiger partial charge in [-0.25, -0.2) is 15.0 Å². The first-order valence-electron chi connectivity index (χ1n) is 7.84. The summed E-state index contributed by atoms with van der Waals surface area (Å²) in [6.07, 6.45) is 8.06. The van der Waals surface area contributed by atoms with E-state index in [0.717, 1.165) is 30.8 Å². The highest BCUT2D eigenvalue weighted by Gasteiger charge is 2.16. The van der Waals surface area contributed by atoms with Gasteiger partial charge in [0.2, 0.25) is 5.95 Å². The lowest BCUT2D eigenvalue weighted by Crippen LogP contribution is -2.08. The van der Waals surface area contributed by atoms with Gasteiger partial charge in [-0.3, -0.25) is 4.98 Å². The molecule has 0 radical (unpaired) electrons. The van der Waals surface area contributed by atoms with E-state index >= 15 is 0 Å². The van der Waals surface area contributed by atoms with E-state index in [1.807, 2.05) is 35.6 Å². The number of rotatable bonds is 5. The molecule has 0 aromatic carbocycles. The average Bonchev–Trinajstić information content (AvgIpc) is 3.18. The highest BCUT2D eigenvalue weighted by atomic mass is 32.1. The zero-order valence-corrected chi connectivity index (χ0v) is 13.5. The van der Waals surface area contributed by atoms with Crippen LogP contribution in [-0.4, -0.2) is 26.5 Å². The maximum absolute atomic E-state index is 4.71. The highest BCUT2D eigenvalue weighted by molar-refractivity contribution is 7.11. The zero-order chi connectivity index (χ0) is 15.5. The number of hydrogen-bond acceptors (Lipinski definition) is 6. The van der Waals surface area contributed by atoms with E-state index in [1.165, 1.54) is 28.4 Å². The molecule has 6 heteroatoms. The minimum absolute atomic E-state index is 0.636. The molecule has 0 saturated carbocycles. The number of hydrogen-bond donors (Lipinski definition) is 1. The van der Waals surface area contributed by atoms with E-state index in [2.05, 4.69) is 20.3 Å². The minimum Gasteiger partial charge on any atom is -0.354 e. The first-order valence-corrected chi connectivity index (χ1v) is 8.66. The summed E-state index contributed by atoms with van der Waals surface area (Å²) in [6, 6.07) is 7.68. The first-order chi connectivity index (χ1) is 11.4.